The molecular weight excluding hydrogens is 384 g/mol. The number of hydrogen-bond donors (Lipinski definition) is 0. The highest BCUT2D eigenvalue weighted by Gasteiger charge is 2.15. The van der Waals surface area contributed by atoms with E-state index in [4.69, 9.17) is 0 Å². The molecule has 0 heteroatoms. The van der Waals surface area contributed by atoms with E-state index in [1.165, 1.54) is 54.4 Å². The molecule has 0 aliphatic heterocycles. The van der Waals surface area contributed by atoms with Gasteiger partial charge < -0.3 is 0 Å². The van der Waals surface area contributed by atoms with Gasteiger partial charge in [0.2, 0.25) is 0 Å². The molecule has 0 saturated carbocycles. The molecule has 0 rings (SSSR count). The molecule has 0 nitrogen and oxygen atoms in total. The molecule has 3 unspecified atom stereocenters. The first-order valence-electron chi connectivity index (χ1n) is 12.8. The van der Waals surface area contributed by atoms with Crippen molar-refractivity contribution in [3.8, 4) is 0 Å². The maximum atomic E-state index is 4.12. The van der Waals surface area contributed by atoms with Crippen LogP contribution in [0.4, 0.5) is 0 Å². The van der Waals surface area contributed by atoms with E-state index >= 15 is 0 Å². The zero-order chi connectivity index (χ0) is 24.7. The molecule has 0 N–H and O–H groups in total. The molecule has 0 aliphatic rings. The second-order valence-corrected chi connectivity index (χ2v) is 10.8. The molecule has 32 heavy (non-hydrogen) atoms. The van der Waals surface area contributed by atoms with Crippen molar-refractivity contribution < 1.29 is 0 Å². The summed E-state index contributed by atoms with van der Waals surface area (Å²) < 4.78 is 0. The van der Waals surface area contributed by atoms with E-state index < -0.39 is 0 Å². The van der Waals surface area contributed by atoms with E-state index in [1.54, 1.807) is 0 Å². The van der Waals surface area contributed by atoms with Gasteiger partial charge in [0.05, 0.1) is 0 Å². The quantitative estimate of drug-likeness (QED) is 0.198. The normalized spacial score (nSPS) is 17.6. The molecule has 0 radical (unpaired) electrons. The molecule has 0 aromatic rings. The fourth-order valence-electron chi connectivity index (χ4n) is 3.54. The first-order chi connectivity index (χ1) is 14.9. The second-order valence-electron chi connectivity index (χ2n) is 10.8. The predicted octanol–water partition coefficient (Wildman–Crippen LogP) is 10.8. The average molecular weight is 439 g/mol. The lowest BCUT2D eigenvalue weighted by Crippen LogP contribution is -2.09. The lowest BCUT2D eigenvalue weighted by molar-refractivity contribution is 0.498. The van der Waals surface area contributed by atoms with Crippen molar-refractivity contribution in [2.45, 2.75) is 107 Å². The van der Waals surface area contributed by atoms with Crippen molar-refractivity contribution in [2.24, 2.45) is 23.2 Å². The van der Waals surface area contributed by atoms with Crippen LogP contribution in [0.1, 0.15) is 107 Å². The van der Waals surface area contributed by atoms with Gasteiger partial charge in [0.15, 0.2) is 0 Å². The van der Waals surface area contributed by atoms with Gasteiger partial charge in [-0.1, -0.05) is 93.5 Å². The van der Waals surface area contributed by atoms with E-state index in [1.807, 2.05) is 0 Å². The lowest BCUT2D eigenvalue weighted by Gasteiger charge is -2.22. The SMILES string of the molecule is C=CC(C)(/C=C/[C@H](C)CC/C=C(\C)CCC(C)C(=C)C)CC/C=C(\C)CCC(C)C(=C)C. The minimum atomic E-state index is 0.0699. The Morgan fingerprint density at radius 3 is 1.69 bits per heavy atom. The van der Waals surface area contributed by atoms with Gasteiger partial charge in [-0.2, -0.15) is 0 Å². The molecule has 0 fully saturated rings. The fourth-order valence-corrected chi connectivity index (χ4v) is 3.54. The van der Waals surface area contributed by atoms with Gasteiger partial charge in [-0.15, -0.1) is 6.58 Å². The molecule has 0 amide bonds. The van der Waals surface area contributed by atoms with Crippen LogP contribution in [0.15, 0.2) is 72.4 Å². The Morgan fingerprint density at radius 1 is 0.781 bits per heavy atom. The lowest BCUT2D eigenvalue weighted by atomic mass is 9.83. The molecule has 0 aromatic heterocycles. The van der Waals surface area contributed by atoms with Crippen molar-refractivity contribution in [1.29, 1.82) is 0 Å². The molecule has 4 atom stereocenters. The summed E-state index contributed by atoms with van der Waals surface area (Å²) in [5.41, 5.74) is 5.68. The van der Waals surface area contributed by atoms with E-state index in [2.05, 4.69) is 106 Å². The van der Waals surface area contributed by atoms with E-state index in [0.717, 1.165) is 19.3 Å². The topological polar surface area (TPSA) is 0 Å². The van der Waals surface area contributed by atoms with Gasteiger partial charge in [-0.05, 0) is 96.8 Å². The second kappa shape index (κ2) is 16.1. The summed E-state index contributed by atoms with van der Waals surface area (Å²) in [5, 5.41) is 0. The van der Waals surface area contributed by atoms with E-state index in [9.17, 15) is 0 Å². The van der Waals surface area contributed by atoms with E-state index in [0.29, 0.717) is 17.8 Å². The first kappa shape index (κ1) is 30.4. The van der Waals surface area contributed by atoms with Crippen LogP contribution >= 0.6 is 0 Å². The van der Waals surface area contributed by atoms with Gasteiger partial charge >= 0.3 is 0 Å². The first-order valence-corrected chi connectivity index (χ1v) is 12.8. The van der Waals surface area contributed by atoms with Gasteiger partial charge in [0, 0.05) is 5.41 Å². The Morgan fingerprint density at radius 2 is 1.25 bits per heavy atom. The van der Waals surface area contributed by atoms with Crippen LogP contribution in [0.25, 0.3) is 0 Å². The number of allylic oxidation sites excluding steroid dienone is 9. The molecule has 182 valence electrons. The third kappa shape index (κ3) is 14.5. The van der Waals surface area contributed by atoms with Crippen LogP contribution in [0.3, 0.4) is 0 Å². The van der Waals surface area contributed by atoms with Crippen LogP contribution in [0, 0.1) is 23.2 Å². The minimum absolute atomic E-state index is 0.0699. The van der Waals surface area contributed by atoms with Crippen molar-refractivity contribution in [3.05, 3.63) is 72.4 Å². The molecular formula is C32H54. The standard InChI is InChI=1S/C32H54/c1-12-32(11,23-14-17-28(7)19-21-31(10)26(4)5)24-22-29(8)16-13-15-27(6)18-20-30(9)25(2)3/h12,15,17,22,24,29-31H,1-2,4,13-14,16,18-21,23H2,3,5-11H3/b24-22+,27-15+,28-17+/t29-,30?,31?,32?/m1/s1. The summed E-state index contributed by atoms with van der Waals surface area (Å²) in [6.07, 6.45) is 21.1. The van der Waals surface area contributed by atoms with Crippen LogP contribution in [0.5, 0.6) is 0 Å². The summed E-state index contributed by atoms with van der Waals surface area (Å²) >= 11 is 0. The summed E-state index contributed by atoms with van der Waals surface area (Å²) in [7, 11) is 0. The Kier molecular flexibility index (Phi) is 15.3. The van der Waals surface area contributed by atoms with Crippen LogP contribution in [-0.4, -0.2) is 0 Å². The maximum Gasteiger partial charge on any atom is 0.00330 e. The minimum Gasteiger partial charge on any atom is -0.102 e. The number of hydrogen-bond acceptors (Lipinski definition) is 0. The number of rotatable bonds is 17. The highest BCUT2D eigenvalue weighted by molar-refractivity contribution is 5.10. The van der Waals surface area contributed by atoms with E-state index in [-0.39, 0.29) is 5.41 Å². The summed E-state index contributed by atoms with van der Waals surface area (Å²) in [6, 6.07) is 0. The molecule has 0 aromatic carbocycles. The Labute approximate surface area is 202 Å². The summed E-state index contributed by atoms with van der Waals surface area (Å²) in [6.45, 7) is 30.3. The molecule has 0 aliphatic carbocycles. The summed E-state index contributed by atoms with van der Waals surface area (Å²) in [4.78, 5) is 0. The molecule has 0 saturated heterocycles. The van der Waals surface area contributed by atoms with Crippen LogP contribution in [-0.2, 0) is 0 Å². The fraction of sp³-hybridized carbons (Fsp3) is 0.625. The largest absolute Gasteiger partial charge is 0.102 e. The van der Waals surface area contributed by atoms with Crippen molar-refractivity contribution in [1.82, 2.24) is 0 Å². The summed E-state index contributed by atoms with van der Waals surface area (Å²) in [5.74, 6) is 1.82. The smallest absolute Gasteiger partial charge is 0.00330 e. The molecule has 0 bridgehead atoms. The van der Waals surface area contributed by atoms with Gasteiger partial charge in [0.1, 0.15) is 0 Å². The zero-order valence-electron chi connectivity index (χ0n) is 22.9. The van der Waals surface area contributed by atoms with Gasteiger partial charge in [-0.25, -0.2) is 0 Å². The maximum absolute atomic E-state index is 4.12. The average Bonchev–Trinajstić information content (AvgIpc) is 2.74. The van der Waals surface area contributed by atoms with Crippen LogP contribution in [0.2, 0.25) is 0 Å². The predicted molar refractivity (Wildman–Crippen MR) is 149 cm³/mol. The van der Waals surface area contributed by atoms with Gasteiger partial charge in [0.25, 0.3) is 0 Å². The zero-order valence-corrected chi connectivity index (χ0v) is 22.9. The Balaban J connectivity index is 4.49. The Bertz CT molecular complexity index is 668. The van der Waals surface area contributed by atoms with Crippen LogP contribution < -0.4 is 0 Å². The van der Waals surface area contributed by atoms with Crippen molar-refractivity contribution >= 4 is 0 Å². The highest BCUT2D eigenvalue weighted by Crippen LogP contribution is 2.29. The monoisotopic (exact) mass is 438 g/mol. The molecule has 0 heterocycles. The molecule has 0 spiro atoms. The third-order valence-electron chi connectivity index (χ3n) is 7.19. The Hall–Kier alpha value is -1.56. The van der Waals surface area contributed by atoms with Gasteiger partial charge in [-0.3, -0.25) is 0 Å². The third-order valence-corrected chi connectivity index (χ3v) is 7.19. The van der Waals surface area contributed by atoms with Crippen molar-refractivity contribution in [3.63, 3.8) is 0 Å². The van der Waals surface area contributed by atoms with Crippen molar-refractivity contribution in [2.75, 3.05) is 0 Å². The highest BCUT2D eigenvalue weighted by atomic mass is 14.2.